The highest BCUT2D eigenvalue weighted by Gasteiger charge is 2.11. The Kier molecular flexibility index (Phi) is 6.30. The van der Waals surface area contributed by atoms with Crippen LogP contribution in [0.5, 0.6) is 5.75 Å². The van der Waals surface area contributed by atoms with Crippen molar-refractivity contribution in [1.29, 1.82) is 0 Å². The summed E-state index contributed by atoms with van der Waals surface area (Å²) >= 11 is 1.31. The van der Waals surface area contributed by atoms with Gasteiger partial charge in [-0.1, -0.05) is 11.8 Å². The average molecular weight is 398 g/mol. The van der Waals surface area contributed by atoms with Crippen molar-refractivity contribution in [2.75, 3.05) is 17.7 Å². The van der Waals surface area contributed by atoms with E-state index in [0.29, 0.717) is 17.6 Å². The molecule has 0 spiro atoms. The summed E-state index contributed by atoms with van der Waals surface area (Å²) in [5, 5.41) is 11.8. The molecule has 146 valence electrons. The fourth-order valence-corrected chi connectivity index (χ4v) is 3.44. The van der Waals surface area contributed by atoms with Gasteiger partial charge in [-0.25, -0.2) is 0 Å². The van der Waals surface area contributed by atoms with Crippen LogP contribution < -0.4 is 10.1 Å². The summed E-state index contributed by atoms with van der Waals surface area (Å²) < 4.78 is 5.51. The quantitative estimate of drug-likeness (QED) is 0.587. The first-order valence-corrected chi connectivity index (χ1v) is 9.97. The number of thioether (sulfide) groups is 1. The average Bonchev–Trinajstić information content (AvgIpc) is 3.08. The number of carbonyl (C=O) groups is 1. The number of carbonyl (C=O) groups excluding carboxylic acids is 1. The van der Waals surface area contributed by atoms with Crippen LogP contribution in [0.25, 0.3) is 11.4 Å². The molecule has 0 aliphatic carbocycles. The smallest absolute Gasteiger partial charge is 0.234 e. The van der Waals surface area contributed by atoms with Crippen LogP contribution >= 0.6 is 11.8 Å². The predicted molar refractivity (Wildman–Crippen MR) is 111 cm³/mol. The second kappa shape index (κ2) is 8.88. The highest BCUT2D eigenvalue weighted by atomic mass is 32.2. The van der Waals surface area contributed by atoms with E-state index in [2.05, 4.69) is 25.5 Å². The Morgan fingerprint density at radius 2 is 1.89 bits per heavy atom. The summed E-state index contributed by atoms with van der Waals surface area (Å²) in [4.78, 5) is 19.7. The minimum Gasteiger partial charge on any atom is -0.494 e. The number of pyridine rings is 1. The van der Waals surface area contributed by atoms with Gasteiger partial charge >= 0.3 is 0 Å². The van der Waals surface area contributed by atoms with Crippen molar-refractivity contribution in [1.82, 2.24) is 20.2 Å². The van der Waals surface area contributed by atoms with Gasteiger partial charge in [-0.05, 0) is 63.6 Å². The maximum Gasteiger partial charge on any atom is 0.234 e. The molecule has 7 nitrogen and oxygen atoms in total. The molecule has 0 fully saturated rings. The number of aromatic amines is 1. The molecule has 0 unspecified atom stereocenters. The molecule has 3 aromatic rings. The summed E-state index contributed by atoms with van der Waals surface area (Å²) in [7, 11) is 0. The molecule has 0 saturated heterocycles. The number of amides is 1. The highest BCUT2D eigenvalue weighted by molar-refractivity contribution is 7.99. The third-order valence-corrected chi connectivity index (χ3v) is 4.80. The summed E-state index contributed by atoms with van der Waals surface area (Å²) in [6.45, 7) is 8.38. The van der Waals surface area contributed by atoms with Crippen molar-refractivity contribution in [3.63, 3.8) is 0 Å². The maximum absolute atomic E-state index is 12.2. The highest BCUT2D eigenvalue weighted by Crippen LogP contribution is 2.26. The minimum absolute atomic E-state index is 0.106. The number of hydrogen-bond donors (Lipinski definition) is 2. The summed E-state index contributed by atoms with van der Waals surface area (Å²) in [6, 6.07) is 9.53. The van der Waals surface area contributed by atoms with Crippen LogP contribution in [-0.4, -0.2) is 38.4 Å². The van der Waals surface area contributed by atoms with Crippen LogP contribution in [0.15, 0.2) is 35.5 Å². The van der Waals surface area contributed by atoms with Gasteiger partial charge in [0.15, 0.2) is 11.0 Å². The fourth-order valence-electron chi connectivity index (χ4n) is 2.83. The van der Waals surface area contributed by atoms with Gasteiger partial charge in [-0.3, -0.25) is 9.78 Å². The van der Waals surface area contributed by atoms with Gasteiger partial charge in [-0.15, -0.1) is 10.2 Å². The molecule has 0 saturated carbocycles. The van der Waals surface area contributed by atoms with Crippen LogP contribution in [0.2, 0.25) is 0 Å². The van der Waals surface area contributed by atoms with E-state index < -0.39 is 0 Å². The SMILES string of the molecule is CCOc1ccc(-c2nnc(SCC(=O)Nc3cc(C)nc(C)c3)[nH]2)c(C)c1. The molecule has 2 aromatic heterocycles. The fraction of sp³-hybridized carbons (Fsp3) is 0.300. The lowest BCUT2D eigenvalue weighted by Crippen LogP contribution is -2.14. The van der Waals surface area contributed by atoms with Crippen LogP contribution in [0, 0.1) is 20.8 Å². The first-order valence-electron chi connectivity index (χ1n) is 8.99. The lowest BCUT2D eigenvalue weighted by molar-refractivity contribution is -0.113. The normalized spacial score (nSPS) is 10.7. The summed E-state index contributed by atoms with van der Waals surface area (Å²) in [5.74, 6) is 1.63. The minimum atomic E-state index is -0.106. The molecular weight excluding hydrogens is 374 g/mol. The number of nitrogens with one attached hydrogen (secondary N) is 2. The van der Waals surface area contributed by atoms with E-state index >= 15 is 0 Å². The standard InChI is InChI=1S/C20H23N5O2S/c1-5-27-16-6-7-17(12(2)8-16)19-23-20(25-24-19)28-11-18(26)22-15-9-13(3)21-14(4)10-15/h6-10H,5,11H2,1-4H3,(H,21,22,26)(H,23,24,25). The number of aryl methyl sites for hydroxylation is 3. The third-order valence-electron chi connectivity index (χ3n) is 3.94. The van der Waals surface area contributed by atoms with Crippen LogP contribution in [0.4, 0.5) is 5.69 Å². The number of H-pyrrole nitrogens is 1. The number of benzene rings is 1. The predicted octanol–water partition coefficient (Wildman–Crippen LogP) is 3.92. The number of anilines is 1. The van der Waals surface area contributed by atoms with Crippen LogP contribution in [-0.2, 0) is 4.79 Å². The molecule has 0 atom stereocenters. The van der Waals surface area contributed by atoms with E-state index in [1.165, 1.54) is 11.8 Å². The molecular formula is C20H23N5O2S. The topological polar surface area (TPSA) is 92.8 Å². The van der Waals surface area contributed by atoms with E-state index in [1.807, 2.05) is 58.0 Å². The van der Waals surface area contributed by atoms with Gasteiger partial charge < -0.3 is 15.0 Å². The third kappa shape index (κ3) is 5.10. The summed E-state index contributed by atoms with van der Waals surface area (Å²) in [6.07, 6.45) is 0. The lowest BCUT2D eigenvalue weighted by Gasteiger charge is -2.07. The Hall–Kier alpha value is -2.87. The number of nitrogens with zero attached hydrogens (tertiary/aromatic N) is 3. The number of ether oxygens (including phenoxy) is 1. The van der Waals surface area contributed by atoms with Gasteiger partial charge in [0.2, 0.25) is 5.91 Å². The zero-order valence-electron chi connectivity index (χ0n) is 16.4. The zero-order valence-corrected chi connectivity index (χ0v) is 17.2. The molecule has 8 heteroatoms. The Morgan fingerprint density at radius 1 is 1.14 bits per heavy atom. The summed E-state index contributed by atoms with van der Waals surface area (Å²) in [5.41, 5.74) is 4.48. The van der Waals surface area contributed by atoms with Crippen molar-refractivity contribution in [3.8, 4) is 17.1 Å². The van der Waals surface area contributed by atoms with E-state index in [0.717, 1.165) is 34.0 Å². The number of hydrogen-bond acceptors (Lipinski definition) is 6. The Balaban J connectivity index is 1.61. The monoisotopic (exact) mass is 397 g/mol. The first kappa shape index (κ1) is 19.9. The molecule has 0 radical (unpaired) electrons. The van der Waals surface area contributed by atoms with E-state index in [4.69, 9.17) is 4.74 Å². The van der Waals surface area contributed by atoms with E-state index in [1.54, 1.807) is 0 Å². The van der Waals surface area contributed by atoms with Crippen LogP contribution in [0.1, 0.15) is 23.9 Å². The second-order valence-electron chi connectivity index (χ2n) is 6.36. The molecule has 0 aliphatic heterocycles. The van der Waals surface area contributed by atoms with Crippen molar-refractivity contribution in [2.24, 2.45) is 0 Å². The largest absolute Gasteiger partial charge is 0.494 e. The van der Waals surface area contributed by atoms with Crippen molar-refractivity contribution in [3.05, 3.63) is 47.3 Å². The zero-order chi connectivity index (χ0) is 20.1. The second-order valence-corrected chi connectivity index (χ2v) is 7.33. The Bertz CT molecular complexity index is 966. The molecule has 0 bridgehead atoms. The van der Waals surface area contributed by atoms with Crippen molar-refractivity contribution >= 4 is 23.4 Å². The van der Waals surface area contributed by atoms with Gasteiger partial charge in [0, 0.05) is 22.6 Å². The van der Waals surface area contributed by atoms with Crippen molar-refractivity contribution in [2.45, 2.75) is 32.9 Å². The van der Waals surface area contributed by atoms with Gasteiger partial charge in [0.05, 0.1) is 12.4 Å². The van der Waals surface area contributed by atoms with Gasteiger partial charge in [-0.2, -0.15) is 0 Å². The Labute approximate surface area is 168 Å². The van der Waals surface area contributed by atoms with Crippen molar-refractivity contribution < 1.29 is 9.53 Å². The first-order chi connectivity index (χ1) is 13.4. The maximum atomic E-state index is 12.2. The molecule has 1 amide bonds. The van der Waals surface area contributed by atoms with Gasteiger partial charge in [0.25, 0.3) is 0 Å². The lowest BCUT2D eigenvalue weighted by atomic mass is 10.1. The molecule has 0 aliphatic rings. The van der Waals surface area contributed by atoms with Crippen LogP contribution in [0.3, 0.4) is 0 Å². The number of aromatic nitrogens is 4. The Morgan fingerprint density at radius 3 is 2.57 bits per heavy atom. The van der Waals surface area contributed by atoms with E-state index in [-0.39, 0.29) is 11.7 Å². The molecule has 2 N–H and O–H groups in total. The molecule has 1 aromatic carbocycles. The molecule has 3 rings (SSSR count). The molecule has 28 heavy (non-hydrogen) atoms. The van der Waals surface area contributed by atoms with Gasteiger partial charge in [0.1, 0.15) is 5.75 Å². The van der Waals surface area contributed by atoms with E-state index in [9.17, 15) is 4.79 Å². The molecule has 2 heterocycles. The number of rotatable bonds is 7.